The molecule has 15 heavy (non-hydrogen) atoms. The van der Waals surface area contributed by atoms with Gasteiger partial charge in [0.1, 0.15) is 12.4 Å². The van der Waals surface area contributed by atoms with E-state index >= 15 is 0 Å². The zero-order valence-electron chi connectivity index (χ0n) is 8.16. The molecule has 1 aromatic rings. The number of carbonyl (C=O) groups is 1. The average Bonchev–Trinajstić information content (AvgIpc) is 2.52. The third-order valence-corrected chi connectivity index (χ3v) is 2.80. The second-order valence-electron chi connectivity index (χ2n) is 3.24. The number of ketones is 1. The summed E-state index contributed by atoms with van der Waals surface area (Å²) in [5.41, 5.74) is 1.55. The fourth-order valence-electron chi connectivity index (χ4n) is 1.57. The van der Waals surface area contributed by atoms with E-state index in [2.05, 4.69) is 15.9 Å². The molecular formula is C11H11BrO3. The van der Waals surface area contributed by atoms with Crippen LogP contribution in [0.1, 0.15) is 15.9 Å². The Balaban J connectivity index is 2.43. The van der Waals surface area contributed by atoms with Gasteiger partial charge in [0.15, 0.2) is 5.78 Å². The van der Waals surface area contributed by atoms with Crippen LogP contribution >= 0.6 is 15.9 Å². The Bertz CT molecular complexity index is 376. The highest BCUT2D eigenvalue weighted by molar-refractivity contribution is 9.09. The number of hydrogen-bond acceptors (Lipinski definition) is 3. The number of carbonyl (C=O) groups excluding carboxylic acids is 1. The van der Waals surface area contributed by atoms with Crippen LogP contribution in [0, 0.1) is 0 Å². The van der Waals surface area contributed by atoms with Crippen LogP contribution < -0.4 is 4.74 Å². The van der Waals surface area contributed by atoms with Gasteiger partial charge in [-0.15, -0.1) is 0 Å². The molecular weight excluding hydrogens is 260 g/mol. The molecule has 0 saturated carbocycles. The lowest BCUT2D eigenvalue weighted by Gasteiger charge is -2.09. The Morgan fingerprint density at radius 1 is 1.40 bits per heavy atom. The second-order valence-corrected chi connectivity index (χ2v) is 3.80. The molecule has 80 valence electrons. The molecule has 2 rings (SSSR count). The van der Waals surface area contributed by atoms with Gasteiger partial charge < -0.3 is 9.47 Å². The van der Waals surface area contributed by atoms with Crippen molar-refractivity contribution in [3.05, 3.63) is 29.3 Å². The summed E-state index contributed by atoms with van der Waals surface area (Å²) in [5, 5.41) is 0.323. The molecule has 0 aliphatic carbocycles. The molecule has 0 saturated heterocycles. The van der Waals surface area contributed by atoms with Crippen molar-refractivity contribution < 1.29 is 14.3 Å². The normalized spacial score (nSPS) is 15.0. The smallest absolute Gasteiger partial charge is 0.173 e. The molecule has 0 spiro atoms. The number of Topliss-reactive ketones (excluding diaryl/α,β-unsaturated/α-hetero) is 1. The van der Waals surface area contributed by atoms with Crippen molar-refractivity contribution in [3.8, 4) is 5.75 Å². The molecule has 1 aliphatic rings. The number of ether oxygens (including phenoxy) is 2. The highest BCUT2D eigenvalue weighted by atomic mass is 79.9. The lowest BCUT2D eigenvalue weighted by molar-refractivity contribution is 0.0994. The first kappa shape index (κ1) is 10.6. The van der Waals surface area contributed by atoms with E-state index in [0.29, 0.717) is 30.7 Å². The summed E-state index contributed by atoms with van der Waals surface area (Å²) in [5.74, 6) is 0.820. The van der Waals surface area contributed by atoms with E-state index in [4.69, 9.17) is 9.47 Å². The molecule has 4 heteroatoms. The van der Waals surface area contributed by atoms with Gasteiger partial charge in [0.2, 0.25) is 0 Å². The summed E-state index contributed by atoms with van der Waals surface area (Å²) >= 11 is 3.17. The van der Waals surface area contributed by atoms with Gasteiger partial charge in [0, 0.05) is 11.1 Å². The van der Waals surface area contributed by atoms with E-state index in [1.54, 1.807) is 6.07 Å². The third-order valence-electron chi connectivity index (χ3n) is 2.29. The van der Waals surface area contributed by atoms with E-state index in [1.165, 1.54) is 0 Å². The number of hydrogen-bond donors (Lipinski definition) is 0. The minimum absolute atomic E-state index is 0.0564. The van der Waals surface area contributed by atoms with Crippen molar-refractivity contribution in [1.82, 2.24) is 0 Å². The van der Waals surface area contributed by atoms with Crippen molar-refractivity contribution in [3.63, 3.8) is 0 Å². The van der Waals surface area contributed by atoms with E-state index in [9.17, 15) is 4.79 Å². The lowest BCUT2D eigenvalue weighted by Crippen LogP contribution is -2.06. The highest BCUT2D eigenvalue weighted by Crippen LogP contribution is 2.26. The summed E-state index contributed by atoms with van der Waals surface area (Å²) in [4.78, 5) is 11.6. The molecule has 1 aromatic carbocycles. The van der Waals surface area contributed by atoms with E-state index in [1.807, 2.05) is 12.1 Å². The molecule has 0 unspecified atom stereocenters. The summed E-state index contributed by atoms with van der Waals surface area (Å²) in [7, 11) is 0. The van der Waals surface area contributed by atoms with Crippen LogP contribution in [0.5, 0.6) is 5.75 Å². The average molecular weight is 271 g/mol. The zero-order valence-corrected chi connectivity index (χ0v) is 9.75. The van der Waals surface area contributed by atoms with E-state index < -0.39 is 0 Å². The Labute approximate surface area is 96.5 Å². The zero-order chi connectivity index (χ0) is 10.7. The first-order chi connectivity index (χ1) is 7.33. The van der Waals surface area contributed by atoms with Crippen LogP contribution in [0.15, 0.2) is 18.2 Å². The van der Waals surface area contributed by atoms with Gasteiger partial charge in [-0.3, -0.25) is 4.79 Å². The number of halogens is 1. The maximum atomic E-state index is 11.6. The Morgan fingerprint density at radius 2 is 2.27 bits per heavy atom. The van der Waals surface area contributed by atoms with Gasteiger partial charge in [-0.1, -0.05) is 28.1 Å². The van der Waals surface area contributed by atoms with Crippen LogP contribution in [0.2, 0.25) is 0 Å². The fourth-order valence-corrected chi connectivity index (χ4v) is 1.87. The number of benzene rings is 1. The second kappa shape index (κ2) is 4.77. The molecule has 0 radical (unpaired) electrons. The molecule has 0 aromatic heterocycles. The maximum absolute atomic E-state index is 11.6. The summed E-state index contributed by atoms with van der Waals surface area (Å²) in [6.45, 7) is 1.56. The summed E-state index contributed by atoms with van der Waals surface area (Å²) in [6.07, 6.45) is 0. The third kappa shape index (κ3) is 2.21. The van der Waals surface area contributed by atoms with E-state index in [-0.39, 0.29) is 5.78 Å². The predicted octanol–water partition coefficient (Wildman–Crippen LogP) is 2.17. The molecule has 0 amide bonds. The van der Waals surface area contributed by atoms with Gasteiger partial charge in [-0.2, -0.15) is 0 Å². The van der Waals surface area contributed by atoms with Crippen LogP contribution in [0.3, 0.4) is 0 Å². The predicted molar refractivity (Wildman–Crippen MR) is 59.7 cm³/mol. The molecule has 0 atom stereocenters. The van der Waals surface area contributed by atoms with Crippen molar-refractivity contribution >= 4 is 21.7 Å². The minimum atomic E-state index is 0.0564. The summed E-state index contributed by atoms with van der Waals surface area (Å²) < 4.78 is 10.9. The molecule has 0 fully saturated rings. The Morgan fingerprint density at radius 3 is 3.07 bits per heavy atom. The fraction of sp³-hybridized carbons (Fsp3) is 0.364. The highest BCUT2D eigenvalue weighted by Gasteiger charge is 2.16. The van der Waals surface area contributed by atoms with Crippen LogP contribution in [0.4, 0.5) is 0 Å². The maximum Gasteiger partial charge on any atom is 0.173 e. The topological polar surface area (TPSA) is 35.5 Å². The van der Waals surface area contributed by atoms with Gasteiger partial charge in [-0.05, 0) is 6.07 Å². The van der Waals surface area contributed by atoms with Crippen molar-refractivity contribution in [2.45, 2.75) is 6.61 Å². The quantitative estimate of drug-likeness (QED) is 0.611. The largest absolute Gasteiger partial charge is 0.491 e. The SMILES string of the molecule is O=C(CBr)c1cccc2c1COCCO2. The van der Waals surface area contributed by atoms with Crippen molar-refractivity contribution in [2.75, 3.05) is 18.5 Å². The van der Waals surface area contributed by atoms with Gasteiger partial charge in [0.25, 0.3) is 0 Å². The Hall–Kier alpha value is -0.870. The van der Waals surface area contributed by atoms with Gasteiger partial charge in [0.05, 0.1) is 18.5 Å². The minimum Gasteiger partial charge on any atom is -0.491 e. The first-order valence-corrected chi connectivity index (χ1v) is 5.86. The van der Waals surface area contributed by atoms with Gasteiger partial charge in [-0.25, -0.2) is 0 Å². The van der Waals surface area contributed by atoms with Gasteiger partial charge >= 0.3 is 0 Å². The monoisotopic (exact) mass is 270 g/mol. The molecule has 0 N–H and O–H groups in total. The molecule has 3 nitrogen and oxygen atoms in total. The molecule has 1 aliphatic heterocycles. The number of fused-ring (bicyclic) bond motifs is 1. The van der Waals surface area contributed by atoms with Crippen molar-refractivity contribution in [1.29, 1.82) is 0 Å². The molecule has 1 heterocycles. The van der Waals surface area contributed by atoms with Crippen LogP contribution in [-0.2, 0) is 11.3 Å². The number of rotatable bonds is 2. The van der Waals surface area contributed by atoms with E-state index in [0.717, 1.165) is 11.3 Å². The first-order valence-electron chi connectivity index (χ1n) is 4.74. The van der Waals surface area contributed by atoms with Crippen LogP contribution in [0.25, 0.3) is 0 Å². The molecule has 0 bridgehead atoms. The standard InChI is InChI=1S/C11H11BrO3/c12-6-10(13)8-2-1-3-11-9(8)7-14-4-5-15-11/h1-3H,4-7H2. The van der Waals surface area contributed by atoms with Crippen LogP contribution in [-0.4, -0.2) is 24.3 Å². The summed E-state index contributed by atoms with van der Waals surface area (Å²) in [6, 6.07) is 5.51. The lowest BCUT2D eigenvalue weighted by atomic mass is 10.0. The Kier molecular flexibility index (Phi) is 3.38. The number of alkyl halides is 1. The van der Waals surface area contributed by atoms with Crippen molar-refractivity contribution in [2.24, 2.45) is 0 Å².